The van der Waals surface area contributed by atoms with Crippen LogP contribution in [0.2, 0.25) is 0 Å². The quantitative estimate of drug-likeness (QED) is 0.191. The second kappa shape index (κ2) is 12.4. The van der Waals surface area contributed by atoms with Gasteiger partial charge >= 0.3 is 0 Å². The summed E-state index contributed by atoms with van der Waals surface area (Å²) in [6.07, 6.45) is 1.75. The number of anilines is 2. The van der Waals surface area contributed by atoms with Crippen LogP contribution in [0.4, 0.5) is 11.4 Å². The zero-order chi connectivity index (χ0) is 28.9. The molecule has 2 N–H and O–H groups in total. The third kappa shape index (κ3) is 6.48. The van der Waals surface area contributed by atoms with Crippen LogP contribution in [0.15, 0.2) is 100 Å². The molecule has 1 atom stereocenters. The Balaban J connectivity index is 1.27. The Bertz CT molecular complexity index is 1610. The maximum absolute atomic E-state index is 13.2. The van der Waals surface area contributed by atoms with E-state index in [4.69, 9.17) is 0 Å². The molecule has 7 nitrogen and oxygen atoms in total. The van der Waals surface area contributed by atoms with E-state index in [1.165, 1.54) is 28.0 Å². The molecule has 4 aromatic rings. The molecule has 5 rings (SSSR count). The van der Waals surface area contributed by atoms with Crippen molar-refractivity contribution in [1.82, 2.24) is 5.32 Å². The van der Waals surface area contributed by atoms with Crippen molar-refractivity contribution in [2.75, 3.05) is 10.2 Å². The number of nitrogens with one attached hydrogen (secondary N) is 2. The van der Waals surface area contributed by atoms with Crippen molar-refractivity contribution in [2.24, 2.45) is 0 Å². The van der Waals surface area contributed by atoms with Gasteiger partial charge in [-0.1, -0.05) is 36.4 Å². The van der Waals surface area contributed by atoms with Crippen LogP contribution in [-0.2, 0) is 14.4 Å². The fourth-order valence-electron chi connectivity index (χ4n) is 4.54. The molecule has 3 aromatic carbocycles. The SMILES string of the molecule is Cc1cccc(C)c1N1C(=O)CC(Sc2ccc(NC(=O)/C(=C/c3ccsc3)NC(=O)c3ccccc3)cc2)C1=O. The number of amides is 4. The lowest BCUT2D eigenvalue weighted by molar-refractivity contribution is -0.121. The largest absolute Gasteiger partial charge is 0.321 e. The first kappa shape index (κ1) is 28.1. The van der Waals surface area contributed by atoms with Crippen molar-refractivity contribution >= 4 is 64.2 Å². The zero-order valence-electron chi connectivity index (χ0n) is 22.4. The summed E-state index contributed by atoms with van der Waals surface area (Å²) in [5, 5.41) is 8.79. The van der Waals surface area contributed by atoms with Gasteiger partial charge in [0.05, 0.1) is 10.9 Å². The molecule has 1 aliphatic heterocycles. The highest BCUT2D eigenvalue weighted by Crippen LogP contribution is 2.36. The average Bonchev–Trinajstić information content (AvgIpc) is 3.57. The summed E-state index contributed by atoms with van der Waals surface area (Å²) in [7, 11) is 0. The molecule has 2 heterocycles. The molecular formula is C32H27N3O4S2. The van der Waals surface area contributed by atoms with E-state index >= 15 is 0 Å². The minimum atomic E-state index is -0.532. The average molecular weight is 582 g/mol. The van der Waals surface area contributed by atoms with Crippen LogP contribution in [0.5, 0.6) is 0 Å². The maximum Gasteiger partial charge on any atom is 0.272 e. The fourth-order valence-corrected chi connectivity index (χ4v) is 6.21. The van der Waals surface area contributed by atoms with Gasteiger partial charge in [0.1, 0.15) is 5.70 Å². The Kier molecular flexibility index (Phi) is 8.47. The molecule has 41 heavy (non-hydrogen) atoms. The van der Waals surface area contributed by atoms with Crippen molar-refractivity contribution in [3.63, 3.8) is 0 Å². The van der Waals surface area contributed by atoms with E-state index in [9.17, 15) is 19.2 Å². The minimum absolute atomic E-state index is 0.109. The molecule has 1 unspecified atom stereocenters. The summed E-state index contributed by atoms with van der Waals surface area (Å²) in [4.78, 5) is 54.1. The first-order valence-electron chi connectivity index (χ1n) is 12.9. The molecular weight excluding hydrogens is 555 g/mol. The standard InChI is InChI=1S/C32H27N3O4S2/c1-20-7-6-8-21(2)29(20)35-28(36)18-27(32(35)39)41-25-13-11-24(12-14-25)33-31(38)26(17-22-15-16-40-19-22)34-30(37)23-9-4-3-5-10-23/h3-17,19,27H,18H2,1-2H3,(H,33,38)(H,34,37)/b26-17-. The Morgan fingerprint density at radius 2 is 1.63 bits per heavy atom. The predicted octanol–water partition coefficient (Wildman–Crippen LogP) is 6.20. The lowest BCUT2D eigenvalue weighted by Gasteiger charge is -2.19. The highest BCUT2D eigenvalue weighted by molar-refractivity contribution is 8.00. The number of benzene rings is 3. The molecule has 0 saturated carbocycles. The molecule has 0 aliphatic carbocycles. The van der Waals surface area contributed by atoms with Gasteiger partial charge in [0.25, 0.3) is 11.8 Å². The number of aryl methyl sites for hydroxylation is 2. The van der Waals surface area contributed by atoms with Crippen LogP contribution in [0.1, 0.15) is 33.5 Å². The molecule has 0 radical (unpaired) electrons. The Morgan fingerprint density at radius 3 is 2.29 bits per heavy atom. The van der Waals surface area contributed by atoms with E-state index in [1.807, 2.05) is 54.9 Å². The summed E-state index contributed by atoms with van der Waals surface area (Å²) >= 11 is 2.81. The van der Waals surface area contributed by atoms with Gasteiger partial charge in [-0.05, 0) is 89.8 Å². The topological polar surface area (TPSA) is 95.6 Å². The molecule has 1 saturated heterocycles. The third-order valence-corrected chi connectivity index (χ3v) is 8.44. The van der Waals surface area contributed by atoms with Crippen molar-refractivity contribution in [2.45, 2.75) is 30.4 Å². The van der Waals surface area contributed by atoms with Crippen LogP contribution < -0.4 is 15.5 Å². The van der Waals surface area contributed by atoms with Crippen molar-refractivity contribution in [3.8, 4) is 0 Å². The lowest BCUT2D eigenvalue weighted by atomic mass is 10.1. The van der Waals surface area contributed by atoms with Gasteiger partial charge in [0, 0.05) is 22.6 Å². The van der Waals surface area contributed by atoms with Crippen LogP contribution >= 0.6 is 23.1 Å². The van der Waals surface area contributed by atoms with E-state index < -0.39 is 11.2 Å². The van der Waals surface area contributed by atoms with Gasteiger partial charge in [-0.25, -0.2) is 4.90 Å². The lowest BCUT2D eigenvalue weighted by Crippen LogP contribution is -2.32. The third-order valence-electron chi connectivity index (χ3n) is 6.54. The van der Waals surface area contributed by atoms with E-state index in [2.05, 4.69) is 10.6 Å². The number of carbonyl (C=O) groups excluding carboxylic acids is 4. The fraction of sp³-hybridized carbons (Fsp3) is 0.125. The van der Waals surface area contributed by atoms with Gasteiger partial charge in [-0.3, -0.25) is 19.2 Å². The Hall–Kier alpha value is -4.47. The molecule has 9 heteroatoms. The molecule has 1 aliphatic rings. The minimum Gasteiger partial charge on any atom is -0.321 e. The first-order chi connectivity index (χ1) is 19.8. The van der Waals surface area contributed by atoms with Gasteiger partial charge in [-0.2, -0.15) is 11.3 Å². The van der Waals surface area contributed by atoms with Crippen LogP contribution in [0.3, 0.4) is 0 Å². The number of imide groups is 1. The van der Waals surface area contributed by atoms with Crippen LogP contribution in [0, 0.1) is 13.8 Å². The van der Waals surface area contributed by atoms with E-state index in [1.54, 1.807) is 54.6 Å². The number of hydrogen-bond donors (Lipinski definition) is 2. The van der Waals surface area contributed by atoms with E-state index in [0.29, 0.717) is 16.9 Å². The van der Waals surface area contributed by atoms with Crippen LogP contribution in [-0.4, -0.2) is 28.9 Å². The number of carbonyl (C=O) groups is 4. The smallest absolute Gasteiger partial charge is 0.272 e. The number of thioether (sulfide) groups is 1. The number of rotatable bonds is 8. The number of para-hydroxylation sites is 1. The summed E-state index contributed by atoms with van der Waals surface area (Å²) in [6.45, 7) is 3.79. The maximum atomic E-state index is 13.2. The summed E-state index contributed by atoms with van der Waals surface area (Å²) in [5.74, 6) is -1.30. The molecule has 4 amide bonds. The van der Waals surface area contributed by atoms with Crippen molar-refractivity contribution in [3.05, 3.63) is 118 Å². The Morgan fingerprint density at radius 1 is 0.927 bits per heavy atom. The monoisotopic (exact) mass is 581 g/mol. The van der Waals surface area contributed by atoms with Gasteiger partial charge in [0.15, 0.2) is 0 Å². The van der Waals surface area contributed by atoms with Crippen LogP contribution in [0.25, 0.3) is 6.08 Å². The first-order valence-corrected chi connectivity index (χ1v) is 14.7. The van der Waals surface area contributed by atoms with E-state index in [0.717, 1.165) is 21.6 Å². The normalized spacial score (nSPS) is 15.2. The summed E-state index contributed by atoms with van der Waals surface area (Å²) in [6, 6.07) is 23.3. The zero-order valence-corrected chi connectivity index (χ0v) is 24.1. The predicted molar refractivity (Wildman–Crippen MR) is 164 cm³/mol. The van der Waals surface area contributed by atoms with Crippen molar-refractivity contribution in [1.29, 1.82) is 0 Å². The number of thiophene rings is 1. The van der Waals surface area contributed by atoms with Gasteiger partial charge < -0.3 is 10.6 Å². The molecule has 206 valence electrons. The highest BCUT2D eigenvalue weighted by Gasteiger charge is 2.41. The number of hydrogen-bond acceptors (Lipinski definition) is 6. The Labute approximate surface area is 246 Å². The molecule has 1 aromatic heterocycles. The number of nitrogens with zero attached hydrogens (tertiary/aromatic N) is 1. The highest BCUT2D eigenvalue weighted by atomic mass is 32.2. The van der Waals surface area contributed by atoms with E-state index in [-0.39, 0.29) is 29.8 Å². The molecule has 0 spiro atoms. The van der Waals surface area contributed by atoms with Gasteiger partial charge in [-0.15, -0.1) is 11.8 Å². The van der Waals surface area contributed by atoms with Gasteiger partial charge in [0.2, 0.25) is 11.8 Å². The summed E-state index contributed by atoms with van der Waals surface area (Å²) < 4.78 is 0. The molecule has 1 fully saturated rings. The molecule has 0 bridgehead atoms. The van der Waals surface area contributed by atoms with Crippen molar-refractivity contribution < 1.29 is 19.2 Å². The summed E-state index contributed by atoms with van der Waals surface area (Å²) in [5.41, 5.74) is 4.29. The second-order valence-corrected chi connectivity index (χ2v) is 11.6. The second-order valence-electron chi connectivity index (χ2n) is 9.53.